The molecular formula is C21H22N6O2. The molecule has 1 atom stereocenters. The molecule has 0 spiro atoms. The van der Waals surface area contributed by atoms with Gasteiger partial charge in [-0.2, -0.15) is 0 Å². The van der Waals surface area contributed by atoms with Gasteiger partial charge in [0.15, 0.2) is 0 Å². The first kappa shape index (κ1) is 18.8. The van der Waals surface area contributed by atoms with Gasteiger partial charge >= 0.3 is 0 Å². The van der Waals surface area contributed by atoms with E-state index in [0.29, 0.717) is 24.4 Å². The molecule has 2 N–H and O–H groups in total. The minimum Gasteiger partial charge on any atom is -0.355 e. The van der Waals surface area contributed by atoms with Crippen molar-refractivity contribution in [3.63, 3.8) is 0 Å². The molecule has 4 rings (SSSR count). The van der Waals surface area contributed by atoms with E-state index in [1.54, 1.807) is 38.6 Å². The van der Waals surface area contributed by atoms with Crippen LogP contribution in [0, 0.1) is 5.41 Å². The van der Waals surface area contributed by atoms with E-state index in [9.17, 15) is 9.59 Å². The Labute approximate surface area is 168 Å². The maximum absolute atomic E-state index is 12.8. The predicted octanol–water partition coefficient (Wildman–Crippen LogP) is 2.27. The van der Waals surface area contributed by atoms with Crippen LogP contribution in [0.3, 0.4) is 0 Å². The molecule has 0 aliphatic carbocycles. The molecule has 4 heterocycles. The van der Waals surface area contributed by atoms with Crippen LogP contribution in [0.25, 0.3) is 11.3 Å². The second-order valence-electron chi connectivity index (χ2n) is 7.18. The van der Waals surface area contributed by atoms with Gasteiger partial charge < -0.3 is 10.2 Å². The Morgan fingerprint density at radius 1 is 1.28 bits per heavy atom. The van der Waals surface area contributed by atoms with E-state index in [-0.39, 0.29) is 17.6 Å². The van der Waals surface area contributed by atoms with Crippen molar-refractivity contribution in [2.45, 2.75) is 25.8 Å². The molecule has 29 heavy (non-hydrogen) atoms. The molecule has 8 heteroatoms. The van der Waals surface area contributed by atoms with Crippen LogP contribution in [0.2, 0.25) is 0 Å². The second-order valence-corrected chi connectivity index (χ2v) is 7.18. The number of amides is 2. The smallest absolute Gasteiger partial charge is 0.275 e. The fourth-order valence-electron chi connectivity index (χ4n) is 3.70. The maximum atomic E-state index is 12.8. The van der Waals surface area contributed by atoms with Gasteiger partial charge in [0, 0.05) is 37.1 Å². The fourth-order valence-corrected chi connectivity index (χ4v) is 3.70. The molecule has 0 bridgehead atoms. The van der Waals surface area contributed by atoms with Gasteiger partial charge in [0.2, 0.25) is 5.91 Å². The third-order valence-corrected chi connectivity index (χ3v) is 5.36. The predicted molar refractivity (Wildman–Crippen MR) is 109 cm³/mol. The molecule has 2 aromatic heterocycles. The summed E-state index contributed by atoms with van der Waals surface area (Å²) in [6.07, 6.45) is 6.54. The average Bonchev–Trinajstić information content (AvgIpc) is 2.98. The van der Waals surface area contributed by atoms with Crippen LogP contribution in [-0.2, 0) is 9.59 Å². The van der Waals surface area contributed by atoms with Gasteiger partial charge in [-0.3, -0.25) is 29.9 Å². The lowest BCUT2D eigenvalue weighted by molar-refractivity contribution is -0.125. The number of amidine groups is 1. The number of aromatic nitrogens is 2. The summed E-state index contributed by atoms with van der Waals surface area (Å²) in [5.74, 6) is -0.201. The van der Waals surface area contributed by atoms with E-state index >= 15 is 0 Å². The molecular weight excluding hydrogens is 368 g/mol. The SMILES string of the molecule is CC(C(=O)Nc1ccc(-c2cccnc2)nc1)N1CCCC2=C1C(=O)N(C)C2=N. The summed E-state index contributed by atoms with van der Waals surface area (Å²) in [5.41, 5.74) is 3.47. The second kappa shape index (κ2) is 7.46. The molecule has 0 fully saturated rings. The van der Waals surface area contributed by atoms with Crippen LogP contribution >= 0.6 is 0 Å². The quantitative estimate of drug-likeness (QED) is 0.834. The summed E-state index contributed by atoms with van der Waals surface area (Å²) in [5, 5.41) is 11.0. The molecule has 8 nitrogen and oxygen atoms in total. The first-order valence-corrected chi connectivity index (χ1v) is 9.51. The van der Waals surface area contributed by atoms with E-state index in [1.807, 2.05) is 23.1 Å². The van der Waals surface area contributed by atoms with Crippen LogP contribution < -0.4 is 5.32 Å². The monoisotopic (exact) mass is 390 g/mol. The van der Waals surface area contributed by atoms with E-state index in [0.717, 1.165) is 23.3 Å². The minimum atomic E-state index is -0.540. The number of hydrogen-bond donors (Lipinski definition) is 2. The van der Waals surface area contributed by atoms with Crippen LogP contribution in [0.1, 0.15) is 19.8 Å². The Hall–Kier alpha value is -3.55. The number of carbonyl (C=O) groups is 2. The van der Waals surface area contributed by atoms with Gasteiger partial charge in [-0.25, -0.2) is 0 Å². The summed E-state index contributed by atoms with van der Waals surface area (Å²) in [4.78, 5) is 37.0. The number of pyridine rings is 2. The lowest BCUT2D eigenvalue weighted by atomic mass is 10.0. The van der Waals surface area contributed by atoms with Crippen LogP contribution in [0.15, 0.2) is 54.1 Å². The number of anilines is 1. The van der Waals surface area contributed by atoms with E-state index in [4.69, 9.17) is 5.41 Å². The first-order valence-electron chi connectivity index (χ1n) is 9.51. The van der Waals surface area contributed by atoms with E-state index < -0.39 is 6.04 Å². The van der Waals surface area contributed by atoms with Crippen molar-refractivity contribution in [3.8, 4) is 11.3 Å². The minimum absolute atomic E-state index is 0.216. The van der Waals surface area contributed by atoms with Crippen LogP contribution in [0.5, 0.6) is 0 Å². The Kier molecular flexibility index (Phi) is 4.84. The number of rotatable bonds is 4. The molecule has 2 aromatic rings. The van der Waals surface area contributed by atoms with Crippen molar-refractivity contribution < 1.29 is 9.59 Å². The normalized spacial score (nSPS) is 17.4. The number of nitrogens with one attached hydrogen (secondary N) is 2. The van der Waals surface area contributed by atoms with Crippen LogP contribution in [-0.4, -0.2) is 57.1 Å². The average molecular weight is 390 g/mol. The lowest BCUT2D eigenvalue weighted by Crippen LogP contribution is -2.45. The lowest BCUT2D eigenvalue weighted by Gasteiger charge is -2.33. The zero-order chi connectivity index (χ0) is 20.5. The summed E-state index contributed by atoms with van der Waals surface area (Å²) in [6.45, 7) is 2.39. The fraction of sp³-hybridized carbons (Fsp3) is 0.286. The number of nitrogens with zero attached hydrogens (tertiary/aromatic N) is 4. The third-order valence-electron chi connectivity index (χ3n) is 5.36. The Bertz CT molecular complexity index is 1000. The molecule has 0 saturated carbocycles. The highest BCUT2D eigenvalue weighted by molar-refractivity contribution is 6.20. The highest BCUT2D eigenvalue weighted by atomic mass is 16.2. The molecule has 2 aliphatic rings. The van der Waals surface area contributed by atoms with Gasteiger partial charge in [0.05, 0.1) is 17.6 Å². The van der Waals surface area contributed by atoms with Gasteiger partial charge in [-0.05, 0) is 44.0 Å². The van der Waals surface area contributed by atoms with Gasteiger partial charge in [-0.15, -0.1) is 0 Å². The number of likely N-dealkylation sites (N-methyl/N-ethyl adjacent to an activating group) is 1. The van der Waals surface area contributed by atoms with E-state index in [1.165, 1.54) is 4.90 Å². The largest absolute Gasteiger partial charge is 0.355 e. The molecule has 0 saturated heterocycles. The molecule has 0 aromatic carbocycles. The Morgan fingerprint density at radius 3 is 2.79 bits per heavy atom. The zero-order valence-electron chi connectivity index (χ0n) is 16.3. The Balaban J connectivity index is 1.49. The van der Waals surface area contributed by atoms with Gasteiger partial charge in [0.25, 0.3) is 5.91 Å². The summed E-state index contributed by atoms with van der Waals surface area (Å²) < 4.78 is 0. The topological polar surface area (TPSA) is 102 Å². The summed E-state index contributed by atoms with van der Waals surface area (Å²) in [6, 6.07) is 6.85. The standard InChI is InChI=1S/C21H22N6O2/c1-13(27-10-4-6-16-18(27)21(29)26(2)19(16)22)20(28)25-15-7-8-17(24-12-15)14-5-3-9-23-11-14/h3,5,7-9,11-13,22H,4,6,10H2,1-2H3,(H,25,28). The molecule has 0 radical (unpaired) electrons. The van der Waals surface area contributed by atoms with Crippen LogP contribution in [0.4, 0.5) is 5.69 Å². The summed E-state index contributed by atoms with van der Waals surface area (Å²) >= 11 is 0. The molecule has 148 valence electrons. The molecule has 2 amide bonds. The highest BCUT2D eigenvalue weighted by Gasteiger charge is 2.40. The van der Waals surface area contributed by atoms with Gasteiger partial charge in [0.1, 0.15) is 17.6 Å². The zero-order valence-corrected chi connectivity index (χ0v) is 16.3. The van der Waals surface area contributed by atoms with Crippen molar-refractivity contribution >= 4 is 23.3 Å². The van der Waals surface area contributed by atoms with Gasteiger partial charge in [-0.1, -0.05) is 0 Å². The maximum Gasteiger partial charge on any atom is 0.275 e. The molecule has 1 unspecified atom stereocenters. The molecule has 2 aliphatic heterocycles. The third kappa shape index (κ3) is 3.37. The summed E-state index contributed by atoms with van der Waals surface area (Å²) in [7, 11) is 1.60. The van der Waals surface area contributed by atoms with Crippen molar-refractivity contribution in [1.82, 2.24) is 19.8 Å². The van der Waals surface area contributed by atoms with E-state index in [2.05, 4.69) is 15.3 Å². The number of carbonyl (C=O) groups excluding carboxylic acids is 2. The Morgan fingerprint density at radius 2 is 2.10 bits per heavy atom. The number of hydrogen-bond acceptors (Lipinski definition) is 6. The van der Waals surface area contributed by atoms with Crippen molar-refractivity contribution in [1.29, 1.82) is 5.41 Å². The first-order chi connectivity index (χ1) is 14.0. The van der Waals surface area contributed by atoms with Crippen molar-refractivity contribution in [2.24, 2.45) is 0 Å². The van der Waals surface area contributed by atoms with Crippen molar-refractivity contribution in [2.75, 3.05) is 18.9 Å². The highest BCUT2D eigenvalue weighted by Crippen LogP contribution is 2.32. The van der Waals surface area contributed by atoms with Crippen molar-refractivity contribution in [3.05, 3.63) is 54.1 Å².